The molecule has 4 nitrogen and oxygen atoms in total. The molecule has 1 aromatic rings. The lowest BCUT2D eigenvalue weighted by atomic mass is 10.4. The summed E-state index contributed by atoms with van der Waals surface area (Å²) in [4.78, 5) is 18.0. The van der Waals surface area contributed by atoms with Crippen LogP contribution in [0.15, 0.2) is 9.27 Å². The van der Waals surface area contributed by atoms with Crippen molar-refractivity contribution in [2.75, 3.05) is 6.61 Å². The first-order chi connectivity index (χ1) is 6.15. The van der Waals surface area contributed by atoms with Crippen LogP contribution in [-0.4, -0.2) is 16.6 Å². The van der Waals surface area contributed by atoms with Gasteiger partial charge in [0.2, 0.25) is 0 Å². The predicted octanol–water partition coefficient (Wildman–Crippen LogP) is 1.38. The van der Waals surface area contributed by atoms with Crippen LogP contribution in [-0.2, 0) is 11.3 Å². The maximum atomic E-state index is 11.2. The third kappa shape index (κ3) is 2.63. The Kier molecular flexibility index (Phi) is 3.62. The molecule has 0 atom stereocenters. The molecule has 0 fully saturated rings. The zero-order valence-corrected chi connectivity index (χ0v) is 9.14. The van der Waals surface area contributed by atoms with E-state index in [0.717, 1.165) is 0 Å². The van der Waals surface area contributed by atoms with Crippen molar-refractivity contribution in [2.24, 2.45) is 0 Å². The van der Waals surface area contributed by atoms with Crippen molar-refractivity contribution >= 4 is 15.9 Å². The average Bonchev–Trinajstić information content (AvgIpc) is 2.09. The van der Waals surface area contributed by atoms with Gasteiger partial charge < -0.3 is 9.72 Å². The summed E-state index contributed by atoms with van der Waals surface area (Å²) in [7, 11) is 0. The highest BCUT2D eigenvalue weighted by Gasteiger charge is 2.06. The van der Waals surface area contributed by atoms with E-state index in [9.17, 15) is 4.79 Å². The Balaban J connectivity index is 2.99. The van der Waals surface area contributed by atoms with Crippen molar-refractivity contribution in [3.05, 3.63) is 26.3 Å². The second kappa shape index (κ2) is 4.53. The minimum absolute atomic E-state index is 0.165. The summed E-state index contributed by atoms with van der Waals surface area (Å²) in [5.41, 5.74) is 0.477. The molecule has 0 saturated carbocycles. The van der Waals surface area contributed by atoms with Crippen molar-refractivity contribution in [1.29, 1.82) is 0 Å². The maximum absolute atomic E-state index is 11.2. The number of aromatic nitrogens is 2. The van der Waals surface area contributed by atoms with E-state index >= 15 is 0 Å². The number of nitrogens with zero attached hydrogens (tertiary/aromatic N) is 1. The monoisotopic (exact) mass is 246 g/mol. The van der Waals surface area contributed by atoms with Crippen molar-refractivity contribution in [3.63, 3.8) is 0 Å². The smallest absolute Gasteiger partial charge is 0.265 e. The fourth-order valence-electron chi connectivity index (χ4n) is 0.924. The van der Waals surface area contributed by atoms with E-state index in [4.69, 9.17) is 4.74 Å². The fraction of sp³-hybridized carbons (Fsp3) is 0.500. The number of hydrogen-bond donors (Lipinski definition) is 1. The van der Waals surface area contributed by atoms with Crippen LogP contribution < -0.4 is 5.56 Å². The van der Waals surface area contributed by atoms with Gasteiger partial charge in [-0.1, -0.05) is 0 Å². The normalized spacial score (nSPS) is 10.4. The van der Waals surface area contributed by atoms with E-state index in [0.29, 0.717) is 29.2 Å². The molecule has 0 bridgehead atoms. The van der Waals surface area contributed by atoms with Gasteiger partial charge in [0.25, 0.3) is 5.56 Å². The first kappa shape index (κ1) is 10.4. The van der Waals surface area contributed by atoms with Crippen molar-refractivity contribution in [3.8, 4) is 0 Å². The van der Waals surface area contributed by atoms with E-state index in [2.05, 4.69) is 25.9 Å². The maximum Gasteiger partial charge on any atom is 0.265 e. The minimum Gasteiger partial charge on any atom is -0.375 e. The molecule has 0 aliphatic heterocycles. The first-order valence-corrected chi connectivity index (χ1v) is 4.77. The molecule has 0 saturated heterocycles. The number of rotatable bonds is 3. The lowest BCUT2D eigenvalue weighted by Gasteiger charge is -2.03. The van der Waals surface area contributed by atoms with Crippen molar-refractivity contribution in [2.45, 2.75) is 20.5 Å². The summed E-state index contributed by atoms with van der Waals surface area (Å²) in [6.45, 7) is 4.61. The molecule has 0 spiro atoms. The molecule has 1 N–H and O–H groups in total. The lowest BCUT2D eigenvalue weighted by Crippen LogP contribution is -2.14. The van der Waals surface area contributed by atoms with Crippen LogP contribution >= 0.6 is 15.9 Å². The van der Waals surface area contributed by atoms with Crippen molar-refractivity contribution in [1.82, 2.24) is 9.97 Å². The second-order valence-corrected chi connectivity index (χ2v) is 3.34. The second-order valence-electron chi connectivity index (χ2n) is 2.55. The third-order valence-corrected chi connectivity index (χ3v) is 2.31. The highest BCUT2D eigenvalue weighted by Crippen LogP contribution is 2.09. The van der Waals surface area contributed by atoms with E-state index < -0.39 is 0 Å². The van der Waals surface area contributed by atoms with E-state index in [1.165, 1.54) is 0 Å². The number of ether oxygens (including phenoxy) is 1. The molecule has 1 aromatic heterocycles. The molecule has 0 aliphatic rings. The van der Waals surface area contributed by atoms with Crippen LogP contribution in [0.25, 0.3) is 0 Å². The van der Waals surface area contributed by atoms with Gasteiger partial charge >= 0.3 is 0 Å². The Morgan fingerprint density at radius 1 is 1.62 bits per heavy atom. The van der Waals surface area contributed by atoms with Crippen LogP contribution in [0.1, 0.15) is 18.4 Å². The van der Waals surface area contributed by atoms with Crippen molar-refractivity contribution < 1.29 is 4.74 Å². The standard InChI is InChI=1S/C8H11BrN2O2/c1-3-13-4-6-7(9)8(12)11-5(2)10-6/h3-4H2,1-2H3,(H,10,11,12). The molecule has 0 amide bonds. The van der Waals surface area contributed by atoms with Gasteiger partial charge in [-0.3, -0.25) is 4.79 Å². The zero-order chi connectivity index (χ0) is 9.84. The van der Waals surface area contributed by atoms with E-state index in [1.807, 2.05) is 6.92 Å². The fourth-order valence-corrected chi connectivity index (χ4v) is 1.23. The Hall–Kier alpha value is -0.680. The summed E-state index contributed by atoms with van der Waals surface area (Å²) in [6, 6.07) is 0. The molecule has 5 heteroatoms. The topological polar surface area (TPSA) is 55.0 Å². The molecule has 1 rings (SSSR count). The van der Waals surface area contributed by atoms with Gasteiger partial charge in [-0.15, -0.1) is 0 Å². The number of halogens is 1. The number of nitrogens with one attached hydrogen (secondary N) is 1. The molecule has 0 radical (unpaired) electrons. The minimum atomic E-state index is -0.165. The SMILES string of the molecule is CCOCc1nc(C)[nH]c(=O)c1Br. The Bertz CT molecular complexity index is 348. The van der Waals surface area contributed by atoms with Gasteiger partial charge in [-0.2, -0.15) is 0 Å². The summed E-state index contributed by atoms with van der Waals surface area (Å²) in [6.07, 6.45) is 0. The number of hydrogen-bond acceptors (Lipinski definition) is 3. The molecule has 13 heavy (non-hydrogen) atoms. The highest BCUT2D eigenvalue weighted by atomic mass is 79.9. The highest BCUT2D eigenvalue weighted by molar-refractivity contribution is 9.10. The van der Waals surface area contributed by atoms with Gasteiger partial charge in [0.15, 0.2) is 0 Å². The summed E-state index contributed by atoms with van der Waals surface area (Å²) < 4.78 is 5.62. The Morgan fingerprint density at radius 2 is 2.31 bits per heavy atom. The predicted molar refractivity (Wildman–Crippen MR) is 52.6 cm³/mol. The van der Waals surface area contributed by atoms with Gasteiger partial charge in [0, 0.05) is 6.61 Å². The molecule has 1 heterocycles. The zero-order valence-electron chi connectivity index (χ0n) is 7.56. The molecule has 72 valence electrons. The summed E-state index contributed by atoms with van der Waals surface area (Å²) >= 11 is 3.16. The van der Waals surface area contributed by atoms with Crippen LogP contribution in [0.2, 0.25) is 0 Å². The van der Waals surface area contributed by atoms with Crippen LogP contribution in [0.5, 0.6) is 0 Å². The molecule has 0 aliphatic carbocycles. The first-order valence-electron chi connectivity index (χ1n) is 3.98. The van der Waals surface area contributed by atoms with Crippen LogP contribution in [0.3, 0.4) is 0 Å². The van der Waals surface area contributed by atoms with Gasteiger partial charge in [-0.05, 0) is 29.8 Å². The van der Waals surface area contributed by atoms with Crippen LogP contribution in [0, 0.1) is 6.92 Å². The number of aryl methyl sites for hydroxylation is 1. The Morgan fingerprint density at radius 3 is 2.92 bits per heavy atom. The average molecular weight is 247 g/mol. The molecule has 0 unspecified atom stereocenters. The Labute approximate surface area is 84.5 Å². The van der Waals surface area contributed by atoms with Crippen LogP contribution in [0.4, 0.5) is 0 Å². The van der Waals surface area contributed by atoms with Gasteiger partial charge in [-0.25, -0.2) is 4.98 Å². The number of aromatic amines is 1. The summed E-state index contributed by atoms with van der Waals surface area (Å²) in [5, 5.41) is 0. The van der Waals surface area contributed by atoms with E-state index in [-0.39, 0.29) is 5.56 Å². The number of H-pyrrole nitrogens is 1. The van der Waals surface area contributed by atoms with Gasteiger partial charge in [0.1, 0.15) is 10.3 Å². The molecule has 0 aromatic carbocycles. The van der Waals surface area contributed by atoms with E-state index in [1.54, 1.807) is 6.92 Å². The summed E-state index contributed by atoms with van der Waals surface area (Å²) in [5.74, 6) is 0.600. The van der Waals surface area contributed by atoms with Gasteiger partial charge in [0.05, 0.1) is 12.3 Å². The quantitative estimate of drug-likeness (QED) is 0.877. The largest absolute Gasteiger partial charge is 0.375 e. The third-order valence-electron chi connectivity index (χ3n) is 1.49. The lowest BCUT2D eigenvalue weighted by molar-refractivity contribution is 0.130. The molecular weight excluding hydrogens is 236 g/mol. The molecular formula is C8H11BrN2O2.